The van der Waals surface area contributed by atoms with Gasteiger partial charge in [-0.2, -0.15) is 0 Å². The van der Waals surface area contributed by atoms with Crippen molar-refractivity contribution in [2.75, 3.05) is 46.4 Å². The summed E-state index contributed by atoms with van der Waals surface area (Å²) in [6.07, 6.45) is 0. The Morgan fingerprint density at radius 1 is 1.19 bits per heavy atom. The number of anilines is 1. The SMILES string of the molecule is COCCNCc1cc2ccc(OC)cc2nc1N(C)C. The van der Waals surface area contributed by atoms with E-state index in [1.165, 1.54) is 5.56 Å². The van der Waals surface area contributed by atoms with Gasteiger partial charge in [-0.05, 0) is 18.2 Å². The van der Waals surface area contributed by atoms with Crippen LogP contribution in [0.2, 0.25) is 0 Å². The van der Waals surface area contributed by atoms with Crippen molar-refractivity contribution in [2.45, 2.75) is 6.54 Å². The van der Waals surface area contributed by atoms with Crippen LogP contribution in [0.1, 0.15) is 5.56 Å². The highest BCUT2D eigenvalue weighted by atomic mass is 16.5. The third-order valence-electron chi connectivity index (χ3n) is 3.30. The van der Waals surface area contributed by atoms with Crippen molar-refractivity contribution in [3.8, 4) is 5.75 Å². The molecule has 2 rings (SSSR count). The third kappa shape index (κ3) is 3.83. The van der Waals surface area contributed by atoms with Gasteiger partial charge in [0.1, 0.15) is 11.6 Å². The Hall–Kier alpha value is -1.85. The van der Waals surface area contributed by atoms with E-state index in [1.54, 1.807) is 14.2 Å². The first-order valence-electron chi connectivity index (χ1n) is 7.00. The lowest BCUT2D eigenvalue weighted by molar-refractivity contribution is 0.199. The highest BCUT2D eigenvalue weighted by Gasteiger charge is 2.09. The zero-order valence-electron chi connectivity index (χ0n) is 13.1. The fourth-order valence-corrected chi connectivity index (χ4v) is 2.22. The van der Waals surface area contributed by atoms with Crippen molar-refractivity contribution in [1.29, 1.82) is 0 Å². The summed E-state index contributed by atoms with van der Waals surface area (Å²) in [5.41, 5.74) is 2.12. The predicted octanol–water partition coefficient (Wildman–Crippen LogP) is 2.05. The molecule has 0 fully saturated rings. The number of benzene rings is 1. The summed E-state index contributed by atoms with van der Waals surface area (Å²) in [5.74, 6) is 1.80. The molecule has 0 bridgehead atoms. The number of rotatable bonds is 7. The summed E-state index contributed by atoms with van der Waals surface area (Å²) in [6.45, 7) is 2.30. The van der Waals surface area contributed by atoms with Gasteiger partial charge in [-0.3, -0.25) is 0 Å². The summed E-state index contributed by atoms with van der Waals surface area (Å²) in [7, 11) is 7.39. The molecule has 0 saturated carbocycles. The van der Waals surface area contributed by atoms with E-state index in [9.17, 15) is 0 Å². The van der Waals surface area contributed by atoms with E-state index < -0.39 is 0 Å². The Kier molecular flexibility index (Phi) is 5.36. The number of fused-ring (bicyclic) bond motifs is 1. The van der Waals surface area contributed by atoms with Crippen LogP contribution in [0, 0.1) is 0 Å². The molecule has 5 heteroatoms. The maximum absolute atomic E-state index is 5.26. The molecule has 0 saturated heterocycles. The Labute approximate surface area is 125 Å². The summed E-state index contributed by atoms with van der Waals surface area (Å²) in [5, 5.41) is 4.48. The monoisotopic (exact) mass is 289 g/mol. The first kappa shape index (κ1) is 15.5. The van der Waals surface area contributed by atoms with E-state index in [-0.39, 0.29) is 0 Å². The molecule has 0 aliphatic heterocycles. The summed E-state index contributed by atoms with van der Waals surface area (Å²) >= 11 is 0. The van der Waals surface area contributed by atoms with Crippen molar-refractivity contribution >= 4 is 16.7 Å². The van der Waals surface area contributed by atoms with Crippen molar-refractivity contribution in [2.24, 2.45) is 0 Å². The molecule has 0 aliphatic rings. The van der Waals surface area contributed by atoms with Gasteiger partial charge in [-0.25, -0.2) is 4.98 Å². The van der Waals surface area contributed by atoms with E-state index in [4.69, 9.17) is 14.5 Å². The van der Waals surface area contributed by atoms with Crippen molar-refractivity contribution < 1.29 is 9.47 Å². The number of pyridine rings is 1. The molecule has 0 unspecified atom stereocenters. The van der Waals surface area contributed by atoms with Gasteiger partial charge in [-0.15, -0.1) is 0 Å². The van der Waals surface area contributed by atoms with Gasteiger partial charge in [0.2, 0.25) is 0 Å². The van der Waals surface area contributed by atoms with E-state index in [0.717, 1.165) is 35.6 Å². The van der Waals surface area contributed by atoms with Gasteiger partial charge in [0, 0.05) is 51.3 Å². The lowest BCUT2D eigenvalue weighted by Crippen LogP contribution is -2.21. The fourth-order valence-electron chi connectivity index (χ4n) is 2.22. The number of nitrogens with zero attached hydrogens (tertiary/aromatic N) is 2. The van der Waals surface area contributed by atoms with Crippen LogP contribution in [-0.2, 0) is 11.3 Å². The number of ether oxygens (including phenoxy) is 2. The number of hydrogen-bond donors (Lipinski definition) is 1. The second-order valence-corrected chi connectivity index (χ2v) is 5.09. The van der Waals surface area contributed by atoms with Crippen LogP contribution in [0.4, 0.5) is 5.82 Å². The first-order valence-corrected chi connectivity index (χ1v) is 7.00. The summed E-state index contributed by atoms with van der Waals surface area (Å²) in [4.78, 5) is 6.79. The van der Waals surface area contributed by atoms with Crippen LogP contribution in [0.5, 0.6) is 5.75 Å². The lowest BCUT2D eigenvalue weighted by atomic mass is 10.1. The molecule has 1 heterocycles. The largest absolute Gasteiger partial charge is 0.497 e. The molecule has 1 aromatic heterocycles. The molecule has 0 atom stereocenters. The number of hydrogen-bond acceptors (Lipinski definition) is 5. The Morgan fingerprint density at radius 3 is 2.67 bits per heavy atom. The average molecular weight is 289 g/mol. The molecule has 0 radical (unpaired) electrons. The second-order valence-electron chi connectivity index (χ2n) is 5.09. The molecular weight excluding hydrogens is 266 g/mol. The van der Waals surface area contributed by atoms with Gasteiger partial charge < -0.3 is 19.7 Å². The first-order chi connectivity index (χ1) is 10.2. The molecule has 2 aromatic rings. The fraction of sp³-hybridized carbons (Fsp3) is 0.438. The van der Waals surface area contributed by atoms with Crippen LogP contribution < -0.4 is 15.0 Å². The molecule has 1 N–H and O–H groups in total. The lowest BCUT2D eigenvalue weighted by Gasteiger charge is -2.18. The van der Waals surface area contributed by atoms with Gasteiger partial charge in [0.15, 0.2) is 0 Å². The maximum atomic E-state index is 5.26. The topological polar surface area (TPSA) is 46.6 Å². The van der Waals surface area contributed by atoms with Crippen LogP contribution >= 0.6 is 0 Å². The molecule has 0 spiro atoms. The minimum Gasteiger partial charge on any atom is -0.497 e. The zero-order valence-corrected chi connectivity index (χ0v) is 13.1. The highest BCUT2D eigenvalue weighted by Crippen LogP contribution is 2.25. The summed E-state index contributed by atoms with van der Waals surface area (Å²) in [6, 6.07) is 8.14. The van der Waals surface area contributed by atoms with Crippen molar-refractivity contribution in [3.05, 3.63) is 29.8 Å². The second kappa shape index (κ2) is 7.24. The zero-order chi connectivity index (χ0) is 15.2. The molecule has 5 nitrogen and oxygen atoms in total. The maximum Gasteiger partial charge on any atom is 0.133 e. The van der Waals surface area contributed by atoms with E-state index in [1.807, 2.05) is 37.2 Å². The number of aromatic nitrogens is 1. The minimum atomic E-state index is 0.704. The standard InChI is InChI=1S/C16H23N3O2/c1-19(2)16-13(11-17-7-8-20-3)9-12-5-6-14(21-4)10-15(12)18-16/h5-6,9-10,17H,7-8,11H2,1-4H3. The van der Waals surface area contributed by atoms with Gasteiger partial charge >= 0.3 is 0 Å². The number of methoxy groups -OCH3 is 2. The highest BCUT2D eigenvalue weighted by molar-refractivity contribution is 5.83. The van der Waals surface area contributed by atoms with Crippen LogP contribution in [0.25, 0.3) is 10.9 Å². The van der Waals surface area contributed by atoms with Gasteiger partial charge in [0.05, 0.1) is 19.2 Å². The average Bonchev–Trinajstić information content (AvgIpc) is 2.50. The molecule has 0 aliphatic carbocycles. The van der Waals surface area contributed by atoms with Crippen LogP contribution in [-0.4, -0.2) is 46.5 Å². The molecule has 21 heavy (non-hydrogen) atoms. The van der Waals surface area contributed by atoms with Crippen molar-refractivity contribution in [3.63, 3.8) is 0 Å². The van der Waals surface area contributed by atoms with Crippen molar-refractivity contribution in [1.82, 2.24) is 10.3 Å². The van der Waals surface area contributed by atoms with Gasteiger partial charge in [-0.1, -0.05) is 0 Å². The van der Waals surface area contributed by atoms with E-state index in [2.05, 4.69) is 11.4 Å². The minimum absolute atomic E-state index is 0.704. The Balaban J connectivity index is 2.31. The Bertz CT molecular complexity index is 599. The van der Waals surface area contributed by atoms with E-state index in [0.29, 0.717) is 6.61 Å². The summed E-state index contributed by atoms with van der Waals surface area (Å²) < 4.78 is 10.3. The quantitative estimate of drug-likeness (QED) is 0.790. The van der Waals surface area contributed by atoms with Crippen LogP contribution in [0.15, 0.2) is 24.3 Å². The normalized spacial score (nSPS) is 10.9. The number of nitrogens with one attached hydrogen (secondary N) is 1. The smallest absolute Gasteiger partial charge is 0.133 e. The van der Waals surface area contributed by atoms with Gasteiger partial charge in [0.25, 0.3) is 0 Å². The predicted molar refractivity (Wildman–Crippen MR) is 86.2 cm³/mol. The molecule has 114 valence electrons. The Morgan fingerprint density at radius 2 is 2.00 bits per heavy atom. The third-order valence-corrected chi connectivity index (χ3v) is 3.30. The molecule has 1 aromatic carbocycles. The molecule has 0 amide bonds. The van der Waals surface area contributed by atoms with E-state index >= 15 is 0 Å². The van der Waals surface area contributed by atoms with Crippen LogP contribution in [0.3, 0.4) is 0 Å². The molecular formula is C16H23N3O2.